The molecule has 0 aromatic heterocycles. The predicted octanol–water partition coefficient (Wildman–Crippen LogP) is 1.15. The third kappa shape index (κ3) is 9.48. The Hall–Kier alpha value is -0.520. The van der Waals surface area contributed by atoms with Crippen LogP contribution < -0.4 is 5.32 Å². The number of hydrogen-bond acceptors (Lipinski definition) is 2. The second-order valence-corrected chi connectivity index (χ2v) is 2.92. The second-order valence-electron chi connectivity index (χ2n) is 2.92. The molecule has 0 aromatic rings. The molecule has 0 saturated heterocycles. The fourth-order valence-corrected chi connectivity index (χ4v) is 0.923. The molecule has 0 amide bonds. The van der Waals surface area contributed by atoms with Gasteiger partial charge in [0.05, 0.1) is 6.10 Å². The van der Waals surface area contributed by atoms with Crippen molar-refractivity contribution in [1.29, 1.82) is 0 Å². The molecule has 2 heteroatoms. The van der Waals surface area contributed by atoms with Crippen molar-refractivity contribution in [1.82, 2.24) is 5.32 Å². The Kier molecular flexibility index (Phi) is 8.20. The Morgan fingerprint density at radius 2 is 2.17 bits per heavy atom. The molecule has 0 rings (SSSR count). The summed E-state index contributed by atoms with van der Waals surface area (Å²) in [6, 6.07) is 0. The summed E-state index contributed by atoms with van der Waals surface area (Å²) in [6.07, 6.45) is 2.68. The van der Waals surface area contributed by atoms with E-state index in [2.05, 4.69) is 17.2 Å². The number of aliphatic hydroxyl groups is 1. The standard InChI is InChI=1S/C10H19NO/c1-3-4-5-8-11-9-6-7-10(2)12/h10-12H,5-9H2,1-2H3. The molecule has 2 nitrogen and oxygen atoms in total. The van der Waals surface area contributed by atoms with Gasteiger partial charge in [0.1, 0.15) is 0 Å². The Morgan fingerprint density at radius 3 is 2.75 bits per heavy atom. The van der Waals surface area contributed by atoms with Crippen molar-refractivity contribution in [3.8, 4) is 11.8 Å². The summed E-state index contributed by atoms with van der Waals surface area (Å²) in [6.45, 7) is 5.62. The normalized spacial score (nSPS) is 11.9. The summed E-state index contributed by atoms with van der Waals surface area (Å²) in [5, 5.41) is 12.2. The van der Waals surface area contributed by atoms with Crippen molar-refractivity contribution in [3.63, 3.8) is 0 Å². The minimum atomic E-state index is -0.165. The quantitative estimate of drug-likeness (QED) is 0.462. The lowest BCUT2D eigenvalue weighted by atomic mass is 10.2. The van der Waals surface area contributed by atoms with Crippen molar-refractivity contribution in [2.45, 2.75) is 39.2 Å². The van der Waals surface area contributed by atoms with Crippen molar-refractivity contribution < 1.29 is 5.11 Å². The maximum absolute atomic E-state index is 8.94. The van der Waals surface area contributed by atoms with E-state index >= 15 is 0 Å². The third-order valence-electron chi connectivity index (χ3n) is 1.58. The van der Waals surface area contributed by atoms with Crippen LogP contribution in [0.2, 0.25) is 0 Å². The van der Waals surface area contributed by atoms with Gasteiger partial charge in [-0.1, -0.05) is 0 Å². The molecule has 0 spiro atoms. The zero-order chi connectivity index (χ0) is 9.23. The zero-order valence-corrected chi connectivity index (χ0v) is 8.06. The molecule has 0 aromatic carbocycles. The monoisotopic (exact) mass is 169 g/mol. The van der Waals surface area contributed by atoms with Gasteiger partial charge >= 0.3 is 0 Å². The van der Waals surface area contributed by atoms with E-state index < -0.39 is 0 Å². The number of aliphatic hydroxyl groups excluding tert-OH is 1. The molecule has 12 heavy (non-hydrogen) atoms. The van der Waals surface area contributed by atoms with Gasteiger partial charge in [0.15, 0.2) is 0 Å². The minimum Gasteiger partial charge on any atom is -0.393 e. The summed E-state index contributed by atoms with van der Waals surface area (Å²) in [4.78, 5) is 0. The summed E-state index contributed by atoms with van der Waals surface area (Å²) < 4.78 is 0. The Bertz CT molecular complexity index is 144. The van der Waals surface area contributed by atoms with Gasteiger partial charge in [-0.2, -0.15) is 0 Å². The minimum absolute atomic E-state index is 0.165. The largest absolute Gasteiger partial charge is 0.393 e. The van der Waals surface area contributed by atoms with Crippen LogP contribution in [-0.4, -0.2) is 24.3 Å². The Labute approximate surface area is 75.4 Å². The van der Waals surface area contributed by atoms with E-state index in [1.807, 2.05) is 13.8 Å². The molecular formula is C10H19NO. The van der Waals surface area contributed by atoms with Crippen LogP contribution in [0, 0.1) is 11.8 Å². The van der Waals surface area contributed by atoms with Crippen molar-refractivity contribution in [2.24, 2.45) is 0 Å². The average molecular weight is 169 g/mol. The van der Waals surface area contributed by atoms with Gasteiger partial charge < -0.3 is 10.4 Å². The van der Waals surface area contributed by atoms with E-state index in [0.717, 1.165) is 32.4 Å². The fraction of sp³-hybridized carbons (Fsp3) is 0.800. The average Bonchev–Trinajstić information content (AvgIpc) is 2.02. The first-order valence-electron chi connectivity index (χ1n) is 4.55. The second kappa shape index (κ2) is 8.58. The van der Waals surface area contributed by atoms with Gasteiger partial charge in [0.2, 0.25) is 0 Å². The lowest BCUT2D eigenvalue weighted by Gasteiger charge is -2.03. The maximum Gasteiger partial charge on any atom is 0.0512 e. The molecule has 0 saturated carbocycles. The van der Waals surface area contributed by atoms with Crippen LogP contribution in [0.25, 0.3) is 0 Å². The highest BCUT2D eigenvalue weighted by Gasteiger charge is 1.93. The van der Waals surface area contributed by atoms with Gasteiger partial charge in [-0.05, 0) is 33.2 Å². The van der Waals surface area contributed by atoms with E-state index in [-0.39, 0.29) is 6.10 Å². The molecule has 0 bridgehead atoms. The molecule has 0 aliphatic carbocycles. The molecule has 0 radical (unpaired) electrons. The lowest BCUT2D eigenvalue weighted by molar-refractivity contribution is 0.181. The zero-order valence-electron chi connectivity index (χ0n) is 8.06. The molecule has 0 heterocycles. The lowest BCUT2D eigenvalue weighted by Crippen LogP contribution is -2.17. The van der Waals surface area contributed by atoms with Gasteiger partial charge in [-0.25, -0.2) is 0 Å². The van der Waals surface area contributed by atoms with Crippen LogP contribution >= 0.6 is 0 Å². The number of nitrogens with one attached hydrogen (secondary N) is 1. The van der Waals surface area contributed by atoms with E-state index in [0.29, 0.717) is 0 Å². The topological polar surface area (TPSA) is 32.3 Å². The summed E-state index contributed by atoms with van der Waals surface area (Å²) in [5.74, 6) is 5.83. The van der Waals surface area contributed by atoms with Crippen molar-refractivity contribution in [3.05, 3.63) is 0 Å². The van der Waals surface area contributed by atoms with Crippen LogP contribution in [-0.2, 0) is 0 Å². The number of hydrogen-bond donors (Lipinski definition) is 2. The van der Waals surface area contributed by atoms with Crippen molar-refractivity contribution >= 4 is 0 Å². The molecule has 2 N–H and O–H groups in total. The van der Waals surface area contributed by atoms with E-state index in [9.17, 15) is 0 Å². The van der Waals surface area contributed by atoms with E-state index in [1.165, 1.54) is 0 Å². The molecule has 1 atom stereocenters. The maximum atomic E-state index is 8.94. The van der Waals surface area contributed by atoms with Crippen LogP contribution in [0.3, 0.4) is 0 Å². The molecule has 0 aliphatic rings. The smallest absolute Gasteiger partial charge is 0.0512 e. The van der Waals surface area contributed by atoms with E-state index in [1.54, 1.807) is 0 Å². The van der Waals surface area contributed by atoms with Crippen molar-refractivity contribution in [2.75, 3.05) is 13.1 Å². The highest BCUT2D eigenvalue weighted by atomic mass is 16.3. The third-order valence-corrected chi connectivity index (χ3v) is 1.58. The van der Waals surface area contributed by atoms with Crippen LogP contribution in [0.1, 0.15) is 33.1 Å². The first kappa shape index (κ1) is 11.5. The summed E-state index contributed by atoms with van der Waals surface area (Å²) in [5.41, 5.74) is 0. The van der Waals surface area contributed by atoms with Crippen LogP contribution in [0.5, 0.6) is 0 Å². The molecular weight excluding hydrogens is 150 g/mol. The van der Waals surface area contributed by atoms with E-state index in [4.69, 9.17) is 5.11 Å². The Balaban J connectivity index is 2.94. The first-order valence-corrected chi connectivity index (χ1v) is 4.55. The first-order chi connectivity index (χ1) is 5.77. The van der Waals surface area contributed by atoms with Gasteiger partial charge in [-0.3, -0.25) is 0 Å². The summed E-state index contributed by atoms with van der Waals surface area (Å²) in [7, 11) is 0. The molecule has 0 fully saturated rings. The molecule has 1 unspecified atom stereocenters. The SMILES string of the molecule is CC#CCCNCCCC(C)O. The highest BCUT2D eigenvalue weighted by molar-refractivity contribution is 4.94. The van der Waals surface area contributed by atoms with Crippen LogP contribution in [0.15, 0.2) is 0 Å². The molecule has 0 aliphatic heterocycles. The fourth-order valence-electron chi connectivity index (χ4n) is 0.923. The summed E-state index contributed by atoms with van der Waals surface area (Å²) >= 11 is 0. The predicted molar refractivity (Wildman–Crippen MR) is 51.9 cm³/mol. The molecule has 70 valence electrons. The Morgan fingerprint density at radius 1 is 1.42 bits per heavy atom. The van der Waals surface area contributed by atoms with Gasteiger partial charge in [0, 0.05) is 13.0 Å². The highest BCUT2D eigenvalue weighted by Crippen LogP contribution is 1.92. The van der Waals surface area contributed by atoms with Crippen LogP contribution in [0.4, 0.5) is 0 Å². The number of rotatable bonds is 6. The van der Waals surface area contributed by atoms with Gasteiger partial charge in [-0.15, -0.1) is 11.8 Å². The van der Waals surface area contributed by atoms with Gasteiger partial charge in [0.25, 0.3) is 0 Å².